The molecule has 6 heteroatoms. The van der Waals surface area contributed by atoms with Crippen molar-refractivity contribution in [3.63, 3.8) is 0 Å². The molecule has 1 aliphatic heterocycles. The van der Waals surface area contributed by atoms with Gasteiger partial charge in [0.15, 0.2) is 0 Å². The van der Waals surface area contributed by atoms with E-state index in [0.717, 1.165) is 17.7 Å². The van der Waals surface area contributed by atoms with Gasteiger partial charge in [0.1, 0.15) is 0 Å². The Hall–Kier alpha value is -2.18. The molecule has 0 aromatic heterocycles. The van der Waals surface area contributed by atoms with E-state index >= 15 is 0 Å². The van der Waals surface area contributed by atoms with E-state index < -0.39 is 10.0 Å². The quantitative estimate of drug-likeness (QED) is 0.893. The average molecular weight is 358 g/mol. The molecular weight excluding hydrogens is 336 g/mol. The molecule has 0 fully saturated rings. The highest BCUT2D eigenvalue weighted by atomic mass is 32.2. The smallest absolute Gasteiger partial charge is 0.240 e. The molecule has 5 nitrogen and oxygen atoms in total. The number of anilines is 1. The molecule has 0 aliphatic carbocycles. The van der Waals surface area contributed by atoms with Gasteiger partial charge in [0.25, 0.3) is 0 Å². The zero-order valence-corrected chi connectivity index (χ0v) is 15.2. The van der Waals surface area contributed by atoms with Gasteiger partial charge in [-0.2, -0.15) is 0 Å². The van der Waals surface area contributed by atoms with Crippen LogP contribution in [-0.2, 0) is 27.7 Å². The van der Waals surface area contributed by atoms with Gasteiger partial charge in [-0.25, -0.2) is 13.1 Å². The maximum atomic E-state index is 12.7. The minimum absolute atomic E-state index is 0.101. The Morgan fingerprint density at radius 3 is 2.52 bits per heavy atom. The van der Waals surface area contributed by atoms with Crippen molar-refractivity contribution in [2.24, 2.45) is 0 Å². The first-order chi connectivity index (χ1) is 11.9. The van der Waals surface area contributed by atoms with Crippen molar-refractivity contribution in [1.29, 1.82) is 0 Å². The van der Waals surface area contributed by atoms with Gasteiger partial charge in [0.2, 0.25) is 15.9 Å². The summed E-state index contributed by atoms with van der Waals surface area (Å²) in [5.41, 5.74) is 3.17. The number of benzene rings is 2. The van der Waals surface area contributed by atoms with Gasteiger partial charge in [-0.3, -0.25) is 4.79 Å². The molecule has 1 N–H and O–H groups in total. The van der Waals surface area contributed by atoms with E-state index in [0.29, 0.717) is 12.8 Å². The van der Waals surface area contributed by atoms with Crippen molar-refractivity contribution in [1.82, 2.24) is 4.72 Å². The number of aryl methyl sites for hydroxylation is 1. The van der Waals surface area contributed by atoms with Crippen LogP contribution in [0.1, 0.15) is 24.5 Å². The van der Waals surface area contributed by atoms with Crippen molar-refractivity contribution >= 4 is 21.6 Å². The molecule has 2 aromatic carbocycles. The fourth-order valence-corrected chi connectivity index (χ4v) is 4.00. The number of amides is 1. The van der Waals surface area contributed by atoms with E-state index in [9.17, 15) is 13.2 Å². The van der Waals surface area contributed by atoms with E-state index in [2.05, 4.69) is 17.7 Å². The van der Waals surface area contributed by atoms with Crippen LogP contribution in [0, 0.1) is 0 Å². The van der Waals surface area contributed by atoms with Crippen LogP contribution in [0.3, 0.4) is 0 Å². The van der Waals surface area contributed by atoms with Crippen molar-refractivity contribution in [3.8, 4) is 0 Å². The lowest BCUT2D eigenvalue weighted by Crippen LogP contribution is -2.35. The second-order valence-electron chi connectivity index (χ2n) is 6.30. The van der Waals surface area contributed by atoms with Gasteiger partial charge < -0.3 is 4.90 Å². The van der Waals surface area contributed by atoms with Gasteiger partial charge >= 0.3 is 0 Å². The maximum Gasteiger partial charge on any atom is 0.240 e. The summed E-state index contributed by atoms with van der Waals surface area (Å²) in [6.07, 6.45) is 1.87. The number of sulfonamides is 1. The molecule has 1 amide bonds. The summed E-state index contributed by atoms with van der Waals surface area (Å²) in [6.45, 7) is 2.06. The van der Waals surface area contributed by atoms with Crippen molar-refractivity contribution in [2.45, 2.75) is 37.1 Å². The first-order valence-corrected chi connectivity index (χ1v) is 9.83. The highest BCUT2D eigenvalue weighted by molar-refractivity contribution is 7.89. The van der Waals surface area contributed by atoms with E-state index in [1.807, 2.05) is 23.1 Å². The van der Waals surface area contributed by atoms with Gasteiger partial charge in [-0.1, -0.05) is 30.3 Å². The monoisotopic (exact) mass is 358 g/mol. The Bertz CT molecular complexity index is 876. The van der Waals surface area contributed by atoms with Crippen LogP contribution in [0.25, 0.3) is 0 Å². The SMILES string of the molecule is CNS(=O)(=O)c1ccc(CCC(=O)N2c3ccccc3C[C@@H]2C)cc1. The van der Waals surface area contributed by atoms with E-state index in [1.165, 1.54) is 12.6 Å². The molecule has 3 rings (SSSR count). The minimum Gasteiger partial charge on any atom is -0.309 e. The molecule has 0 bridgehead atoms. The molecule has 1 aliphatic rings. The molecule has 0 spiro atoms. The Balaban J connectivity index is 1.67. The molecule has 25 heavy (non-hydrogen) atoms. The Morgan fingerprint density at radius 1 is 1.16 bits per heavy atom. The van der Waals surface area contributed by atoms with Gasteiger partial charge in [-0.05, 0) is 56.1 Å². The predicted octanol–water partition coefficient (Wildman–Crippen LogP) is 2.51. The number of carbonyl (C=O) groups excluding carboxylic acids is 1. The minimum atomic E-state index is -3.43. The van der Waals surface area contributed by atoms with Gasteiger partial charge in [0, 0.05) is 18.2 Å². The Labute approximate surface area is 148 Å². The molecule has 0 unspecified atom stereocenters. The van der Waals surface area contributed by atoms with E-state index in [-0.39, 0.29) is 16.8 Å². The number of hydrogen-bond acceptors (Lipinski definition) is 3. The van der Waals surface area contributed by atoms with Crippen molar-refractivity contribution in [3.05, 3.63) is 59.7 Å². The fraction of sp³-hybridized carbons (Fsp3) is 0.316. The number of nitrogens with one attached hydrogen (secondary N) is 1. The summed E-state index contributed by atoms with van der Waals surface area (Å²) in [4.78, 5) is 14.8. The first-order valence-electron chi connectivity index (χ1n) is 8.35. The van der Waals surface area contributed by atoms with Gasteiger partial charge in [0.05, 0.1) is 4.90 Å². The fourth-order valence-electron chi connectivity index (χ4n) is 3.27. The normalized spacial score (nSPS) is 16.7. The molecule has 2 aromatic rings. The molecular formula is C19H22N2O3S. The van der Waals surface area contributed by atoms with Gasteiger partial charge in [-0.15, -0.1) is 0 Å². The third kappa shape index (κ3) is 3.60. The topological polar surface area (TPSA) is 66.5 Å². The van der Waals surface area contributed by atoms with E-state index in [1.54, 1.807) is 24.3 Å². The maximum absolute atomic E-state index is 12.7. The standard InChI is InChI=1S/C19H22N2O3S/c1-14-13-16-5-3-4-6-18(16)21(14)19(22)12-9-15-7-10-17(11-8-15)25(23,24)20-2/h3-8,10-11,14,20H,9,12-13H2,1-2H3/t14-/m0/s1. The number of para-hydroxylation sites is 1. The number of carbonyl (C=O) groups is 1. The number of hydrogen-bond donors (Lipinski definition) is 1. The summed E-state index contributed by atoms with van der Waals surface area (Å²) in [5, 5.41) is 0. The second-order valence-corrected chi connectivity index (χ2v) is 8.18. The van der Waals surface area contributed by atoms with Crippen LogP contribution in [0.4, 0.5) is 5.69 Å². The Kier molecular flexibility index (Phi) is 4.92. The zero-order valence-electron chi connectivity index (χ0n) is 14.4. The Morgan fingerprint density at radius 2 is 1.84 bits per heavy atom. The molecule has 132 valence electrons. The molecule has 0 radical (unpaired) electrons. The summed E-state index contributed by atoms with van der Waals surface area (Å²) in [7, 11) is -2.04. The lowest BCUT2D eigenvalue weighted by molar-refractivity contribution is -0.118. The number of rotatable bonds is 5. The number of nitrogens with zero attached hydrogens (tertiary/aromatic N) is 1. The first kappa shape index (κ1) is 17.6. The molecule has 0 saturated carbocycles. The molecule has 1 heterocycles. The van der Waals surface area contributed by atoms with Crippen LogP contribution >= 0.6 is 0 Å². The second kappa shape index (κ2) is 6.98. The largest absolute Gasteiger partial charge is 0.309 e. The predicted molar refractivity (Wildman–Crippen MR) is 98.1 cm³/mol. The van der Waals surface area contributed by atoms with Crippen LogP contribution in [0.15, 0.2) is 53.4 Å². The van der Waals surface area contributed by atoms with Crippen molar-refractivity contribution < 1.29 is 13.2 Å². The van der Waals surface area contributed by atoms with Crippen molar-refractivity contribution in [2.75, 3.05) is 11.9 Å². The third-order valence-corrected chi connectivity index (χ3v) is 6.04. The van der Waals surface area contributed by atoms with Crippen LogP contribution in [0.5, 0.6) is 0 Å². The summed E-state index contributed by atoms with van der Waals surface area (Å²) < 4.78 is 25.8. The average Bonchev–Trinajstić information content (AvgIpc) is 2.96. The summed E-state index contributed by atoms with van der Waals surface area (Å²) >= 11 is 0. The summed E-state index contributed by atoms with van der Waals surface area (Å²) in [6, 6.07) is 14.9. The molecule has 1 atom stereocenters. The lowest BCUT2D eigenvalue weighted by atomic mass is 10.1. The lowest BCUT2D eigenvalue weighted by Gasteiger charge is -2.22. The number of fused-ring (bicyclic) bond motifs is 1. The molecule has 0 saturated heterocycles. The van der Waals surface area contributed by atoms with Crippen LogP contribution < -0.4 is 9.62 Å². The van der Waals surface area contributed by atoms with E-state index in [4.69, 9.17) is 0 Å². The summed E-state index contributed by atoms with van der Waals surface area (Å²) in [5.74, 6) is 0.101. The highest BCUT2D eigenvalue weighted by Gasteiger charge is 2.29. The third-order valence-electron chi connectivity index (χ3n) is 4.61. The zero-order chi connectivity index (χ0) is 18.0. The van der Waals surface area contributed by atoms with Crippen LogP contribution in [0.2, 0.25) is 0 Å². The highest BCUT2D eigenvalue weighted by Crippen LogP contribution is 2.32. The van der Waals surface area contributed by atoms with Crippen LogP contribution in [-0.4, -0.2) is 27.4 Å².